The lowest BCUT2D eigenvalue weighted by Crippen LogP contribution is -2.44. The van der Waals surface area contributed by atoms with Crippen LogP contribution >= 0.6 is 0 Å². The van der Waals surface area contributed by atoms with Gasteiger partial charge in [-0.05, 0) is 68.1 Å². The van der Waals surface area contributed by atoms with Crippen molar-refractivity contribution in [3.63, 3.8) is 0 Å². The number of amides is 1. The predicted octanol–water partition coefficient (Wildman–Crippen LogP) is 4.11. The fourth-order valence-electron chi connectivity index (χ4n) is 4.41. The molecule has 0 aromatic heterocycles. The molecule has 2 atom stereocenters. The molecule has 4 heteroatoms. The van der Waals surface area contributed by atoms with Crippen LogP contribution in [0.15, 0.2) is 42.5 Å². The van der Waals surface area contributed by atoms with E-state index >= 15 is 0 Å². The molecule has 0 fully saturated rings. The Morgan fingerprint density at radius 2 is 1.96 bits per heavy atom. The molecule has 0 radical (unpaired) electrons. The lowest BCUT2D eigenvalue weighted by Gasteiger charge is -2.39. The lowest BCUT2D eigenvalue weighted by atomic mass is 9.90. The topological polar surface area (TPSA) is 23.6 Å². The molecule has 0 bridgehead atoms. The first-order valence-corrected chi connectivity index (χ1v) is 9.43. The van der Waals surface area contributed by atoms with Gasteiger partial charge in [-0.2, -0.15) is 0 Å². The van der Waals surface area contributed by atoms with Crippen molar-refractivity contribution in [3.05, 3.63) is 65.0 Å². The maximum atomic E-state index is 13.6. The van der Waals surface area contributed by atoms with Gasteiger partial charge in [-0.3, -0.25) is 9.69 Å². The summed E-state index contributed by atoms with van der Waals surface area (Å²) >= 11 is 0. The Morgan fingerprint density at radius 3 is 2.81 bits per heavy atom. The van der Waals surface area contributed by atoms with E-state index in [9.17, 15) is 9.18 Å². The maximum Gasteiger partial charge on any atom is 0.229 e. The highest BCUT2D eigenvalue weighted by atomic mass is 19.1. The highest BCUT2D eigenvalue weighted by Gasteiger charge is 2.33. The van der Waals surface area contributed by atoms with Gasteiger partial charge in [0.15, 0.2) is 0 Å². The summed E-state index contributed by atoms with van der Waals surface area (Å²) in [6.45, 7) is 3.05. The van der Waals surface area contributed by atoms with Crippen molar-refractivity contribution in [2.45, 2.75) is 44.7 Å². The molecule has 2 aliphatic heterocycles. The molecule has 0 saturated heterocycles. The molecule has 2 aromatic rings. The number of benzene rings is 2. The molecule has 2 aromatic carbocycles. The van der Waals surface area contributed by atoms with E-state index in [0.29, 0.717) is 6.42 Å². The van der Waals surface area contributed by atoms with Crippen LogP contribution in [0, 0.1) is 5.82 Å². The van der Waals surface area contributed by atoms with Crippen molar-refractivity contribution in [1.29, 1.82) is 0 Å². The smallest absolute Gasteiger partial charge is 0.229 e. The van der Waals surface area contributed by atoms with E-state index in [-0.39, 0.29) is 23.8 Å². The summed E-state index contributed by atoms with van der Waals surface area (Å²) in [6, 6.07) is 13.5. The number of nitrogens with zero attached hydrogens (tertiary/aromatic N) is 2. The standard InChI is InChI=1S/C22H25FN2O/c1-15-7-8-17-13-18(23)9-10-20(17)25(15)22(26)14-21-19-6-4-3-5-16(19)11-12-24(21)2/h3-6,9-10,13,15,21H,7-8,11-12,14H2,1-2H3. The number of anilines is 1. The van der Waals surface area contributed by atoms with Crippen LogP contribution in [0.4, 0.5) is 10.1 Å². The van der Waals surface area contributed by atoms with Crippen LogP contribution < -0.4 is 4.90 Å². The van der Waals surface area contributed by atoms with E-state index in [1.54, 1.807) is 12.1 Å². The average molecular weight is 352 g/mol. The van der Waals surface area contributed by atoms with Crippen LogP contribution in [-0.4, -0.2) is 30.4 Å². The van der Waals surface area contributed by atoms with E-state index in [2.05, 4.69) is 43.1 Å². The number of hydrogen-bond donors (Lipinski definition) is 0. The number of likely N-dealkylation sites (N-methyl/N-ethyl adjacent to an activating group) is 1. The normalized spacial score (nSPS) is 22.7. The molecule has 0 spiro atoms. The number of hydrogen-bond acceptors (Lipinski definition) is 2. The van der Waals surface area contributed by atoms with Gasteiger partial charge in [0.2, 0.25) is 5.91 Å². The van der Waals surface area contributed by atoms with Gasteiger partial charge < -0.3 is 4.90 Å². The minimum absolute atomic E-state index is 0.102. The van der Waals surface area contributed by atoms with Gasteiger partial charge in [0.1, 0.15) is 5.82 Å². The number of carbonyl (C=O) groups excluding carboxylic acids is 1. The molecule has 136 valence electrons. The number of aryl methyl sites for hydroxylation is 1. The predicted molar refractivity (Wildman–Crippen MR) is 102 cm³/mol. The molecule has 0 saturated carbocycles. The summed E-state index contributed by atoms with van der Waals surface area (Å²) in [7, 11) is 2.09. The molecule has 2 heterocycles. The SMILES string of the molecule is CC1CCc2cc(F)ccc2N1C(=O)CC1c2ccccc2CCN1C. The Kier molecular flexibility index (Phi) is 4.53. The summed E-state index contributed by atoms with van der Waals surface area (Å²) in [5.41, 5.74) is 4.42. The minimum atomic E-state index is -0.230. The van der Waals surface area contributed by atoms with E-state index in [0.717, 1.165) is 37.1 Å². The number of rotatable bonds is 2. The fourth-order valence-corrected chi connectivity index (χ4v) is 4.41. The Bertz CT molecular complexity index is 835. The lowest BCUT2D eigenvalue weighted by molar-refractivity contribution is -0.120. The molecule has 26 heavy (non-hydrogen) atoms. The third-order valence-corrected chi connectivity index (χ3v) is 5.89. The summed E-state index contributed by atoms with van der Waals surface area (Å²) in [4.78, 5) is 17.5. The number of carbonyl (C=O) groups is 1. The van der Waals surface area contributed by atoms with Crippen molar-refractivity contribution in [2.75, 3.05) is 18.5 Å². The Balaban J connectivity index is 1.63. The van der Waals surface area contributed by atoms with Crippen LogP contribution in [0.1, 0.15) is 42.5 Å². The number of halogens is 1. The van der Waals surface area contributed by atoms with Gasteiger partial charge in [-0.1, -0.05) is 24.3 Å². The largest absolute Gasteiger partial charge is 0.309 e. The van der Waals surface area contributed by atoms with Gasteiger partial charge in [-0.15, -0.1) is 0 Å². The zero-order chi connectivity index (χ0) is 18.3. The first kappa shape index (κ1) is 17.2. The molecular weight excluding hydrogens is 327 g/mol. The van der Waals surface area contributed by atoms with Gasteiger partial charge >= 0.3 is 0 Å². The fraction of sp³-hybridized carbons (Fsp3) is 0.409. The highest BCUT2D eigenvalue weighted by molar-refractivity contribution is 5.95. The summed E-state index contributed by atoms with van der Waals surface area (Å²) in [5, 5.41) is 0. The van der Waals surface area contributed by atoms with E-state index in [4.69, 9.17) is 0 Å². The van der Waals surface area contributed by atoms with Crippen LogP contribution in [0.3, 0.4) is 0 Å². The molecule has 2 aliphatic rings. The quantitative estimate of drug-likeness (QED) is 0.812. The van der Waals surface area contributed by atoms with Crippen LogP contribution in [-0.2, 0) is 17.6 Å². The Hall–Kier alpha value is -2.20. The maximum absolute atomic E-state index is 13.6. The molecule has 0 N–H and O–H groups in total. The van der Waals surface area contributed by atoms with E-state index in [1.807, 2.05) is 4.90 Å². The van der Waals surface area contributed by atoms with Crippen molar-refractivity contribution < 1.29 is 9.18 Å². The number of fused-ring (bicyclic) bond motifs is 2. The molecule has 4 rings (SSSR count). The van der Waals surface area contributed by atoms with Crippen LogP contribution in [0.25, 0.3) is 0 Å². The van der Waals surface area contributed by atoms with Crippen LogP contribution in [0.2, 0.25) is 0 Å². The summed E-state index contributed by atoms with van der Waals surface area (Å²) < 4.78 is 13.6. The third-order valence-electron chi connectivity index (χ3n) is 5.89. The molecular formula is C22H25FN2O. The molecule has 1 amide bonds. The molecule has 3 nitrogen and oxygen atoms in total. The van der Waals surface area contributed by atoms with Crippen molar-refractivity contribution >= 4 is 11.6 Å². The second-order valence-electron chi connectivity index (χ2n) is 7.57. The Morgan fingerprint density at radius 1 is 1.15 bits per heavy atom. The van der Waals surface area contributed by atoms with Gasteiger partial charge in [0.25, 0.3) is 0 Å². The van der Waals surface area contributed by atoms with Crippen LogP contribution in [0.5, 0.6) is 0 Å². The van der Waals surface area contributed by atoms with E-state index in [1.165, 1.54) is 17.2 Å². The van der Waals surface area contributed by atoms with Gasteiger partial charge in [-0.25, -0.2) is 4.39 Å². The Labute approximate surface area is 154 Å². The monoisotopic (exact) mass is 352 g/mol. The second kappa shape index (κ2) is 6.84. The van der Waals surface area contributed by atoms with Crippen molar-refractivity contribution in [2.24, 2.45) is 0 Å². The first-order valence-electron chi connectivity index (χ1n) is 9.43. The highest BCUT2D eigenvalue weighted by Crippen LogP contribution is 2.35. The third kappa shape index (κ3) is 3.03. The summed E-state index contributed by atoms with van der Waals surface area (Å²) in [5.74, 6) is -0.106. The van der Waals surface area contributed by atoms with Crippen molar-refractivity contribution in [1.82, 2.24) is 4.90 Å². The van der Waals surface area contributed by atoms with Gasteiger partial charge in [0.05, 0.1) is 0 Å². The first-order chi connectivity index (χ1) is 12.5. The second-order valence-corrected chi connectivity index (χ2v) is 7.57. The van der Waals surface area contributed by atoms with Gasteiger partial charge in [0, 0.05) is 30.7 Å². The average Bonchev–Trinajstić information content (AvgIpc) is 2.64. The zero-order valence-corrected chi connectivity index (χ0v) is 15.4. The molecule has 0 aliphatic carbocycles. The molecule has 2 unspecified atom stereocenters. The van der Waals surface area contributed by atoms with E-state index < -0.39 is 0 Å². The minimum Gasteiger partial charge on any atom is -0.309 e. The zero-order valence-electron chi connectivity index (χ0n) is 15.4. The summed E-state index contributed by atoms with van der Waals surface area (Å²) in [6.07, 6.45) is 3.18. The van der Waals surface area contributed by atoms with Crippen molar-refractivity contribution in [3.8, 4) is 0 Å².